The molecule has 0 radical (unpaired) electrons. The maximum atomic E-state index is 11.3. The summed E-state index contributed by atoms with van der Waals surface area (Å²) in [5.41, 5.74) is -0.240. The van der Waals surface area contributed by atoms with E-state index in [0.717, 1.165) is 12.3 Å². The number of hydrogen-bond donors (Lipinski definition) is 0. The molecule has 0 aromatic heterocycles. The van der Waals surface area contributed by atoms with E-state index in [2.05, 4.69) is 18.6 Å². The lowest BCUT2D eigenvalue weighted by Crippen LogP contribution is -2.45. The molecular formula is C12H20O3. The Balaban J connectivity index is 2.15. The minimum atomic E-state index is -0.517. The van der Waals surface area contributed by atoms with Crippen LogP contribution in [0.4, 0.5) is 4.79 Å². The summed E-state index contributed by atoms with van der Waals surface area (Å²) in [7, 11) is 1.38. The maximum absolute atomic E-state index is 11.3. The second-order valence-corrected chi connectivity index (χ2v) is 5.25. The van der Waals surface area contributed by atoms with E-state index < -0.39 is 6.16 Å². The van der Waals surface area contributed by atoms with Crippen LogP contribution in [0.5, 0.6) is 0 Å². The molecule has 2 bridgehead atoms. The molecule has 2 saturated carbocycles. The Morgan fingerprint density at radius 1 is 1.40 bits per heavy atom. The maximum Gasteiger partial charge on any atom is 0.508 e. The first-order valence-corrected chi connectivity index (χ1v) is 5.85. The largest absolute Gasteiger partial charge is 0.508 e. The fourth-order valence-corrected chi connectivity index (χ4v) is 3.47. The SMILES string of the molecule is COC(=O)OC1(C(C)C)CC2CC[C@H]1C2. The first-order valence-electron chi connectivity index (χ1n) is 5.85. The first-order chi connectivity index (χ1) is 7.08. The van der Waals surface area contributed by atoms with Gasteiger partial charge in [-0.2, -0.15) is 0 Å². The van der Waals surface area contributed by atoms with Crippen molar-refractivity contribution in [1.29, 1.82) is 0 Å². The number of methoxy groups -OCH3 is 1. The monoisotopic (exact) mass is 212 g/mol. The molecule has 2 unspecified atom stereocenters. The lowest BCUT2D eigenvalue weighted by atomic mass is 9.76. The van der Waals surface area contributed by atoms with E-state index in [1.807, 2.05) is 0 Å². The molecular weight excluding hydrogens is 192 g/mol. The zero-order valence-corrected chi connectivity index (χ0v) is 9.79. The molecule has 3 nitrogen and oxygen atoms in total. The van der Waals surface area contributed by atoms with Gasteiger partial charge in [0.2, 0.25) is 0 Å². The van der Waals surface area contributed by atoms with Gasteiger partial charge in [0.05, 0.1) is 7.11 Å². The molecule has 2 fully saturated rings. The van der Waals surface area contributed by atoms with Gasteiger partial charge in [0.1, 0.15) is 5.60 Å². The molecule has 0 amide bonds. The molecule has 0 aliphatic heterocycles. The fourth-order valence-electron chi connectivity index (χ4n) is 3.47. The predicted molar refractivity (Wildman–Crippen MR) is 56.5 cm³/mol. The van der Waals surface area contributed by atoms with Crippen LogP contribution < -0.4 is 0 Å². The number of fused-ring (bicyclic) bond motifs is 2. The molecule has 86 valence electrons. The third-order valence-electron chi connectivity index (χ3n) is 4.26. The summed E-state index contributed by atoms with van der Waals surface area (Å²) < 4.78 is 10.2. The lowest BCUT2D eigenvalue weighted by Gasteiger charge is -2.39. The smallest absolute Gasteiger partial charge is 0.438 e. The van der Waals surface area contributed by atoms with Gasteiger partial charge in [0.25, 0.3) is 0 Å². The average molecular weight is 212 g/mol. The molecule has 2 aliphatic rings. The van der Waals surface area contributed by atoms with Crippen LogP contribution in [0.2, 0.25) is 0 Å². The van der Waals surface area contributed by atoms with Crippen molar-refractivity contribution in [3.05, 3.63) is 0 Å². The van der Waals surface area contributed by atoms with E-state index in [1.54, 1.807) is 0 Å². The van der Waals surface area contributed by atoms with Gasteiger partial charge in [-0.05, 0) is 43.4 Å². The Kier molecular flexibility index (Phi) is 2.65. The summed E-state index contributed by atoms with van der Waals surface area (Å²) in [6.45, 7) is 4.28. The summed E-state index contributed by atoms with van der Waals surface area (Å²) in [6.07, 6.45) is 4.26. The summed E-state index contributed by atoms with van der Waals surface area (Å²) in [5.74, 6) is 1.70. The third kappa shape index (κ3) is 1.62. The minimum Gasteiger partial charge on any atom is -0.438 e. The van der Waals surface area contributed by atoms with Gasteiger partial charge >= 0.3 is 6.16 Å². The normalized spacial score (nSPS) is 38.4. The molecule has 15 heavy (non-hydrogen) atoms. The number of rotatable bonds is 2. The van der Waals surface area contributed by atoms with Crippen molar-refractivity contribution in [1.82, 2.24) is 0 Å². The van der Waals surface area contributed by atoms with Crippen LogP contribution in [-0.4, -0.2) is 18.9 Å². The van der Waals surface area contributed by atoms with Crippen molar-refractivity contribution in [2.24, 2.45) is 17.8 Å². The molecule has 0 spiro atoms. The fraction of sp³-hybridized carbons (Fsp3) is 0.917. The van der Waals surface area contributed by atoms with Gasteiger partial charge in [-0.1, -0.05) is 13.8 Å². The molecule has 2 aliphatic carbocycles. The first kappa shape index (κ1) is 10.8. The molecule has 3 atom stereocenters. The summed E-state index contributed by atoms with van der Waals surface area (Å²) in [4.78, 5) is 11.3. The Morgan fingerprint density at radius 2 is 2.13 bits per heavy atom. The van der Waals surface area contributed by atoms with E-state index in [1.165, 1.54) is 26.4 Å². The zero-order chi connectivity index (χ0) is 11.1. The molecule has 0 aromatic carbocycles. The molecule has 0 heterocycles. The molecule has 0 N–H and O–H groups in total. The Morgan fingerprint density at radius 3 is 2.53 bits per heavy atom. The number of ether oxygens (including phenoxy) is 2. The number of carbonyl (C=O) groups is 1. The standard InChI is InChI=1S/C12H20O3/c1-8(2)12(15-11(13)14-3)7-9-4-5-10(12)6-9/h8-10H,4-7H2,1-3H3/t9?,10-,12?/m0/s1. The Hall–Kier alpha value is -0.730. The van der Waals surface area contributed by atoms with E-state index in [4.69, 9.17) is 4.74 Å². The molecule has 3 heteroatoms. The summed E-state index contributed by atoms with van der Waals surface area (Å²) in [5, 5.41) is 0. The van der Waals surface area contributed by atoms with E-state index in [0.29, 0.717) is 11.8 Å². The van der Waals surface area contributed by atoms with Crippen molar-refractivity contribution >= 4 is 6.16 Å². The van der Waals surface area contributed by atoms with Crippen molar-refractivity contribution in [2.45, 2.75) is 45.1 Å². The van der Waals surface area contributed by atoms with Gasteiger partial charge in [0.15, 0.2) is 0 Å². The van der Waals surface area contributed by atoms with Gasteiger partial charge in [-0.25, -0.2) is 4.79 Å². The average Bonchev–Trinajstić information content (AvgIpc) is 2.77. The lowest BCUT2D eigenvalue weighted by molar-refractivity contribution is -0.0881. The molecule has 2 rings (SSSR count). The quantitative estimate of drug-likeness (QED) is 0.660. The number of carbonyl (C=O) groups excluding carboxylic acids is 1. The summed E-state index contributed by atoms with van der Waals surface area (Å²) >= 11 is 0. The van der Waals surface area contributed by atoms with Crippen molar-refractivity contribution in [3.8, 4) is 0 Å². The van der Waals surface area contributed by atoms with E-state index >= 15 is 0 Å². The van der Waals surface area contributed by atoms with E-state index in [9.17, 15) is 4.79 Å². The second kappa shape index (κ2) is 3.69. The second-order valence-electron chi connectivity index (χ2n) is 5.25. The highest BCUT2D eigenvalue weighted by molar-refractivity contribution is 5.60. The van der Waals surface area contributed by atoms with Gasteiger partial charge in [-0.15, -0.1) is 0 Å². The van der Waals surface area contributed by atoms with E-state index in [-0.39, 0.29) is 5.60 Å². The minimum absolute atomic E-state index is 0.240. The van der Waals surface area contributed by atoms with Crippen LogP contribution in [0.15, 0.2) is 0 Å². The topological polar surface area (TPSA) is 35.5 Å². The van der Waals surface area contributed by atoms with Gasteiger partial charge in [0, 0.05) is 0 Å². The van der Waals surface area contributed by atoms with Crippen LogP contribution >= 0.6 is 0 Å². The van der Waals surface area contributed by atoms with Crippen LogP contribution in [0, 0.1) is 17.8 Å². The highest BCUT2D eigenvalue weighted by Gasteiger charge is 2.55. The van der Waals surface area contributed by atoms with Crippen LogP contribution in [0.25, 0.3) is 0 Å². The van der Waals surface area contributed by atoms with Crippen molar-refractivity contribution in [2.75, 3.05) is 7.11 Å². The Labute approximate surface area is 91.1 Å². The van der Waals surface area contributed by atoms with Crippen LogP contribution in [0.3, 0.4) is 0 Å². The number of hydrogen-bond acceptors (Lipinski definition) is 3. The van der Waals surface area contributed by atoms with Crippen LogP contribution in [0.1, 0.15) is 39.5 Å². The van der Waals surface area contributed by atoms with Gasteiger partial charge < -0.3 is 9.47 Å². The highest BCUT2D eigenvalue weighted by atomic mass is 16.7. The van der Waals surface area contributed by atoms with Gasteiger partial charge in [-0.3, -0.25) is 0 Å². The van der Waals surface area contributed by atoms with Crippen LogP contribution in [-0.2, 0) is 9.47 Å². The third-order valence-corrected chi connectivity index (χ3v) is 4.26. The Bertz CT molecular complexity index is 262. The van der Waals surface area contributed by atoms with Crippen molar-refractivity contribution in [3.63, 3.8) is 0 Å². The highest BCUT2D eigenvalue weighted by Crippen LogP contribution is 2.55. The zero-order valence-electron chi connectivity index (χ0n) is 9.79. The summed E-state index contributed by atoms with van der Waals surface area (Å²) in [6, 6.07) is 0. The predicted octanol–water partition coefficient (Wildman–Crippen LogP) is 2.98. The molecule has 0 saturated heterocycles. The molecule has 0 aromatic rings. The van der Waals surface area contributed by atoms with Crippen molar-refractivity contribution < 1.29 is 14.3 Å².